The average Bonchev–Trinajstić information content (AvgIpc) is 2.74. The van der Waals surface area contributed by atoms with Gasteiger partial charge in [-0.3, -0.25) is 14.7 Å². The first kappa shape index (κ1) is 20.3. The summed E-state index contributed by atoms with van der Waals surface area (Å²) in [7, 11) is 1.75. The van der Waals surface area contributed by atoms with Crippen LogP contribution in [0.25, 0.3) is 0 Å². The highest BCUT2D eigenvalue weighted by Gasteiger charge is 2.16. The maximum Gasteiger partial charge on any atom is 0.224 e. The number of ether oxygens (including phenoxy) is 1. The molecule has 0 aliphatic carbocycles. The summed E-state index contributed by atoms with van der Waals surface area (Å²) in [6.45, 7) is 5.93. The summed E-state index contributed by atoms with van der Waals surface area (Å²) in [6, 6.07) is 12.1. The van der Waals surface area contributed by atoms with Gasteiger partial charge in [-0.25, -0.2) is 0 Å². The molecule has 0 unspecified atom stereocenters. The molecule has 1 aromatic heterocycles. The van der Waals surface area contributed by atoms with Gasteiger partial charge in [0.15, 0.2) is 0 Å². The van der Waals surface area contributed by atoms with E-state index < -0.39 is 0 Å². The Balaban J connectivity index is 1.40. The second-order valence-corrected chi connectivity index (χ2v) is 7.13. The van der Waals surface area contributed by atoms with Crippen molar-refractivity contribution in [3.8, 4) is 0 Å². The molecule has 1 aromatic carbocycles. The second-order valence-electron chi connectivity index (χ2n) is 7.13. The van der Waals surface area contributed by atoms with Crippen molar-refractivity contribution >= 4 is 17.3 Å². The molecule has 0 radical (unpaired) electrons. The van der Waals surface area contributed by atoms with Gasteiger partial charge >= 0.3 is 0 Å². The summed E-state index contributed by atoms with van der Waals surface area (Å²) in [5, 5.41) is 2.99. The van der Waals surface area contributed by atoms with Crippen molar-refractivity contribution in [2.45, 2.75) is 19.3 Å². The average molecular weight is 383 g/mol. The van der Waals surface area contributed by atoms with E-state index in [4.69, 9.17) is 4.74 Å². The molecule has 1 amide bonds. The van der Waals surface area contributed by atoms with Gasteiger partial charge in [-0.05, 0) is 48.7 Å². The third kappa shape index (κ3) is 6.32. The standard InChI is InChI=1S/C22H30N4O2/c1-28-17-16-25-12-14-26(15-13-25)21-9-7-20(8-10-21)24-22(27)6-2-4-19-5-3-11-23-18-19/h3,5,7-11,18H,2,4,6,12-17H2,1H3,(H,24,27). The first-order chi connectivity index (χ1) is 13.7. The minimum atomic E-state index is 0.0587. The molecule has 1 N–H and O–H groups in total. The molecule has 28 heavy (non-hydrogen) atoms. The van der Waals surface area contributed by atoms with Crippen molar-refractivity contribution in [2.75, 3.05) is 56.7 Å². The summed E-state index contributed by atoms with van der Waals surface area (Å²) in [4.78, 5) is 21.1. The molecule has 1 fully saturated rings. The lowest BCUT2D eigenvalue weighted by atomic mass is 10.1. The molecule has 6 heteroatoms. The first-order valence-electron chi connectivity index (χ1n) is 9.99. The molecule has 0 bridgehead atoms. The van der Waals surface area contributed by atoms with Crippen molar-refractivity contribution in [2.24, 2.45) is 0 Å². The number of nitrogens with one attached hydrogen (secondary N) is 1. The lowest BCUT2D eigenvalue weighted by Gasteiger charge is -2.36. The van der Waals surface area contributed by atoms with E-state index in [2.05, 4.69) is 32.2 Å². The summed E-state index contributed by atoms with van der Waals surface area (Å²) in [5.41, 5.74) is 3.23. The van der Waals surface area contributed by atoms with Crippen LogP contribution in [-0.2, 0) is 16.0 Å². The topological polar surface area (TPSA) is 57.7 Å². The van der Waals surface area contributed by atoms with Crippen molar-refractivity contribution in [1.82, 2.24) is 9.88 Å². The number of pyridine rings is 1. The van der Waals surface area contributed by atoms with Crippen molar-refractivity contribution in [3.05, 3.63) is 54.4 Å². The van der Waals surface area contributed by atoms with Crippen LogP contribution in [0.1, 0.15) is 18.4 Å². The zero-order valence-corrected chi connectivity index (χ0v) is 16.6. The van der Waals surface area contributed by atoms with Gasteiger partial charge in [-0.1, -0.05) is 6.07 Å². The molecule has 1 aliphatic rings. The number of aryl methyl sites for hydroxylation is 1. The Morgan fingerprint density at radius 3 is 2.61 bits per heavy atom. The predicted molar refractivity (Wildman–Crippen MR) is 113 cm³/mol. The molecule has 2 aromatic rings. The van der Waals surface area contributed by atoms with E-state index in [9.17, 15) is 4.79 Å². The number of rotatable bonds is 9. The summed E-state index contributed by atoms with van der Waals surface area (Å²) in [6.07, 6.45) is 5.83. The Labute approximate surface area is 167 Å². The van der Waals surface area contributed by atoms with E-state index in [0.717, 1.165) is 57.9 Å². The van der Waals surface area contributed by atoms with E-state index in [1.807, 2.05) is 30.5 Å². The fraction of sp³-hybridized carbons (Fsp3) is 0.455. The number of hydrogen-bond acceptors (Lipinski definition) is 5. The number of nitrogens with zero attached hydrogens (tertiary/aromatic N) is 3. The molecule has 0 atom stereocenters. The highest BCUT2D eigenvalue weighted by atomic mass is 16.5. The third-order valence-corrected chi connectivity index (χ3v) is 5.09. The van der Waals surface area contributed by atoms with Gasteiger partial charge < -0.3 is 15.0 Å². The Kier molecular flexibility index (Phi) is 7.82. The lowest BCUT2D eigenvalue weighted by molar-refractivity contribution is -0.116. The number of carbonyl (C=O) groups excluding carboxylic acids is 1. The van der Waals surface area contributed by atoms with Crippen molar-refractivity contribution in [3.63, 3.8) is 0 Å². The van der Waals surface area contributed by atoms with Crippen molar-refractivity contribution in [1.29, 1.82) is 0 Å². The van der Waals surface area contributed by atoms with Crippen LogP contribution in [0.5, 0.6) is 0 Å². The molecular weight excluding hydrogens is 352 g/mol. The Morgan fingerprint density at radius 2 is 1.93 bits per heavy atom. The zero-order valence-electron chi connectivity index (χ0n) is 16.6. The van der Waals surface area contributed by atoms with E-state index in [0.29, 0.717) is 6.42 Å². The van der Waals surface area contributed by atoms with Gasteiger partial charge in [0.05, 0.1) is 6.61 Å². The van der Waals surface area contributed by atoms with Gasteiger partial charge in [0.1, 0.15) is 0 Å². The highest BCUT2D eigenvalue weighted by Crippen LogP contribution is 2.20. The van der Waals surface area contributed by atoms with E-state index in [1.165, 1.54) is 11.3 Å². The Bertz CT molecular complexity index is 713. The van der Waals surface area contributed by atoms with E-state index in [-0.39, 0.29) is 5.91 Å². The molecule has 150 valence electrons. The number of aromatic nitrogens is 1. The quantitative estimate of drug-likeness (QED) is 0.723. The minimum absolute atomic E-state index is 0.0587. The molecule has 1 aliphatic heterocycles. The zero-order chi connectivity index (χ0) is 19.6. The summed E-state index contributed by atoms with van der Waals surface area (Å²) in [5.74, 6) is 0.0587. The number of amides is 1. The Hall–Kier alpha value is -2.44. The number of anilines is 2. The smallest absolute Gasteiger partial charge is 0.224 e. The van der Waals surface area contributed by atoms with Crippen LogP contribution >= 0.6 is 0 Å². The van der Waals surface area contributed by atoms with Crippen LogP contribution in [-0.4, -0.2) is 62.2 Å². The lowest BCUT2D eigenvalue weighted by Crippen LogP contribution is -2.47. The molecule has 1 saturated heterocycles. The minimum Gasteiger partial charge on any atom is -0.383 e. The molecule has 6 nitrogen and oxygen atoms in total. The maximum atomic E-state index is 12.2. The monoisotopic (exact) mass is 382 g/mol. The van der Waals surface area contributed by atoms with Crippen LogP contribution in [0.2, 0.25) is 0 Å². The molecular formula is C22H30N4O2. The fourth-order valence-corrected chi connectivity index (χ4v) is 3.43. The fourth-order valence-electron chi connectivity index (χ4n) is 3.43. The van der Waals surface area contributed by atoms with Gasteiger partial charge in [0.2, 0.25) is 5.91 Å². The van der Waals surface area contributed by atoms with Gasteiger partial charge in [-0.15, -0.1) is 0 Å². The van der Waals surface area contributed by atoms with Crippen LogP contribution in [0.15, 0.2) is 48.8 Å². The summed E-state index contributed by atoms with van der Waals surface area (Å²) < 4.78 is 5.16. The van der Waals surface area contributed by atoms with Crippen LogP contribution < -0.4 is 10.2 Å². The van der Waals surface area contributed by atoms with E-state index >= 15 is 0 Å². The van der Waals surface area contributed by atoms with Crippen molar-refractivity contribution < 1.29 is 9.53 Å². The van der Waals surface area contributed by atoms with Gasteiger partial charge in [-0.2, -0.15) is 0 Å². The largest absolute Gasteiger partial charge is 0.383 e. The van der Waals surface area contributed by atoms with Crippen LogP contribution in [0.3, 0.4) is 0 Å². The molecule has 0 saturated carbocycles. The van der Waals surface area contributed by atoms with Crippen LogP contribution in [0.4, 0.5) is 11.4 Å². The number of methoxy groups -OCH3 is 1. The van der Waals surface area contributed by atoms with Gasteiger partial charge in [0, 0.05) is 70.0 Å². The highest BCUT2D eigenvalue weighted by molar-refractivity contribution is 5.90. The SMILES string of the molecule is COCCN1CCN(c2ccc(NC(=O)CCCc3cccnc3)cc2)CC1. The number of hydrogen-bond donors (Lipinski definition) is 1. The maximum absolute atomic E-state index is 12.2. The predicted octanol–water partition coefficient (Wildman–Crippen LogP) is 2.81. The number of carbonyl (C=O) groups is 1. The Morgan fingerprint density at radius 1 is 1.14 bits per heavy atom. The third-order valence-electron chi connectivity index (χ3n) is 5.09. The molecule has 0 spiro atoms. The molecule has 2 heterocycles. The normalized spacial score (nSPS) is 14.8. The van der Waals surface area contributed by atoms with Gasteiger partial charge in [0.25, 0.3) is 0 Å². The summed E-state index contributed by atoms with van der Waals surface area (Å²) >= 11 is 0. The van der Waals surface area contributed by atoms with E-state index in [1.54, 1.807) is 13.3 Å². The molecule has 3 rings (SSSR count). The second kappa shape index (κ2) is 10.8. The number of piperazine rings is 1. The van der Waals surface area contributed by atoms with Crippen LogP contribution in [0, 0.1) is 0 Å². The number of benzene rings is 1. The first-order valence-corrected chi connectivity index (χ1v) is 9.99.